The summed E-state index contributed by atoms with van der Waals surface area (Å²) >= 11 is 1.30. The van der Waals surface area contributed by atoms with Gasteiger partial charge in [-0.25, -0.2) is 9.59 Å². The van der Waals surface area contributed by atoms with Gasteiger partial charge in [0.2, 0.25) is 0 Å². The number of thioether (sulfide) groups is 1. The minimum atomic E-state index is -1.11. The second kappa shape index (κ2) is 9.42. The van der Waals surface area contributed by atoms with Gasteiger partial charge in [0.25, 0.3) is 0 Å². The number of hydrogen-bond donors (Lipinski definition) is 2. The van der Waals surface area contributed by atoms with Crippen molar-refractivity contribution in [2.24, 2.45) is 0 Å². The molecule has 1 aromatic carbocycles. The molecule has 0 aliphatic heterocycles. The monoisotopic (exact) mass is 341 g/mol. The van der Waals surface area contributed by atoms with Crippen molar-refractivity contribution in [3.63, 3.8) is 0 Å². The van der Waals surface area contributed by atoms with E-state index in [1.54, 1.807) is 20.8 Å². The third-order valence-electron chi connectivity index (χ3n) is 2.55. The number of amides is 1. The zero-order valence-electron chi connectivity index (χ0n) is 13.6. The molecule has 0 saturated carbocycles. The fourth-order valence-corrected chi connectivity index (χ4v) is 2.34. The van der Waals surface area contributed by atoms with Crippen LogP contribution in [0, 0.1) is 0 Å². The standard InChI is InChI=1S/C16H23NO5S/c1-16(2,3)22-15(20)17-13(14(18)19)10-23-11-21-9-12-7-5-4-6-8-12/h4-8,13H,9-11H2,1-3H3,(H,17,20)(H,18,19). The van der Waals surface area contributed by atoms with Crippen LogP contribution >= 0.6 is 11.8 Å². The number of alkyl carbamates (subject to hydrolysis) is 1. The van der Waals surface area contributed by atoms with Crippen LogP contribution in [-0.4, -0.2) is 40.5 Å². The molecule has 0 bridgehead atoms. The Hall–Kier alpha value is -1.73. The van der Waals surface area contributed by atoms with Crippen LogP contribution in [0.25, 0.3) is 0 Å². The average Bonchev–Trinajstić information content (AvgIpc) is 2.44. The van der Waals surface area contributed by atoms with Crippen LogP contribution in [0.15, 0.2) is 30.3 Å². The lowest BCUT2D eigenvalue weighted by Gasteiger charge is -2.21. The highest BCUT2D eigenvalue weighted by atomic mass is 32.2. The number of nitrogens with one attached hydrogen (secondary N) is 1. The highest BCUT2D eigenvalue weighted by Crippen LogP contribution is 2.10. The predicted molar refractivity (Wildman–Crippen MR) is 89.3 cm³/mol. The van der Waals surface area contributed by atoms with E-state index < -0.39 is 23.7 Å². The lowest BCUT2D eigenvalue weighted by Crippen LogP contribution is -2.45. The molecule has 1 atom stereocenters. The molecule has 6 nitrogen and oxygen atoms in total. The van der Waals surface area contributed by atoms with E-state index in [1.807, 2.05) is 30.3 Å². The molecule has 0 fully saturated rings. The van der Waals surface area contributed by atoms with Gasteiger partial charge in [0, 0.05) is 5.75 Å². The summed E-state index contributed by atoms with van der Waals surface area (Å²) in [5.41, 5.74) is 0.383. The summed E-state index contributed by atoms with van der Waals surface area (Å²) in [6.07, 6.45) is -0.740. The van der Waals surface area contributed by atoms with Crippen molar-refractivity contribution in [1.29, 1.82) is 0 Å². The lowest BCUT2D eigenvalue weighted by atomic mass is 10.2. The Labute approximate surface area is 140 Å². The van der Waals surface area contributed by atoms with Crippen LogP contribution < -0.4 is 5.32 Å². The largest absolute Gasteiger partial charge is 0.480 e. The van der Waals surface area contributed by atoms with Crippen molar-refractivity contribution in [3.05, 3.63) is 35.9 Å². The first-order valence-corrected chi connectivity index (χ1v) is 8.35. The van der Waals surface area contributed by atoms with Gasteiger partial charge in [0.15, 0.2) is 0 Å². The second-order valence-electron chi connectivity index (χ2n) is 5.86. The maximum atomic E-state index is 11.6. The Balaban J connectivity index is 2.28. The number of rotatable bonds is 8. The number of benzene rings is 1. The number of hydrogen-bond acceptors (Lipinski definition) is 5. The van der Waals surface area contributed by atoms with E-state index in [9.17, 15) is 9.59 Å². The van der Waals surface area contributed by atoms with Gasteiger partial charge in [0.1, 0.15) is 11.6 Å². The van der Waals surface area contributed by atoms with E-state index in [2.05, 4.69) is 5.32 Å². The molecule has 0 aromatic heterocycles. The molecule has 7 heteroatoms. The van der Waals surface area contributed by atoms with Gasteiger partial charge in [0.05, 0.1) is 12.5 Å². The Morgan fingerprint density at radius 1 is 1.26 bits per heavy atom. The Morgan fingerprint density at radius 2 is 1.91 bits per heavy atom. The molecule has 0 spiro atoms. The summed E-state index contributed by atoms with van der Waals surface area (Å²) in [6, 6.07) is 8.67. The van der Waals surface area contributed by atoms with E-state index in [0.29, 0.717) is 12.5 Å². The first-order valence-electron chi connectivity index (χ1n) is 7.19. The molecular weight excluding hydrogens is 318 g/mol. The van der Waals surface area contributed by atoms with Crippen molar-refractivity contribution in [1.82, 2.24) is 5.32 Å². The highest BCUT2D eigenvalue weighted by Gasteiger charge is 2.23. The lowest BCUT2D eigenvalue weighted by molar-refractivity contribution is -0.138. The molecule has 0 saturated heterocycles. The van der Waals surface area contributed by atoms with Crippen LogP contribution in [0.5, 0.6) is 0 Å². The van der Waals surface area contributed by atoms with E-state index in [4.69, 9.17) is 14.6 Å². The van der Waals surface area contributed by atoms with Gasteiger partial charge < -0.3 is 19.9 Å². The average molecular weight is 341 g/mol. The smallest absolute Gasteiger partial charge is 0.408 e. The molecule has 0 heterocycles. The maximum Gasteiger partial charge on any atom is 0.408 e. The number of carbonyl (C=O) groups excluding carboxylic acids is 1. The number of ether oxygens (including phenoxy) is 2. The predicted octanol–water partition coefficient (Wildman–Crippen LogP) is 2.87. The van der Waals surface area contributed by atoms with Crippen molar-refractivity contribution in [2.45, 2.75) is 39.0 Å². The summed E-state index contributed by atoms with van der Waals surface area (Å²) in [4.78, 5) is 22.8. The third-order valence-corrected chi connectivity index (χ3v) is 3.45. The molecular formula is C16H23NO5S. The molecule has 0 radical (unpaired) electrons. The van der Waals surface area contributed by atoms with Crippen LogP contribution in [0.3, 0.4) is 0 Å². The van der Waals surface area contributed by atoms with Crippen molar-refractivity contribution < 1.29 is 24.2 Å². The number of carboxylic acid groups (broad SMARTS) is 1. The minimum absolute atomic E-state index is 0.198. The van der Waals surface area contributed by atoms with E-state index >= 15 is 0 Å². The fourth-order valence-electron chi connectivity index (χ4n) is 1.58. The number of carboxylic acids is 1. The van der Waals surface area contributed by atoms with Gasteiger partial charge in [-0.1, -0.05) is 30.3 Å². The van der Waals surface area contributed by atoms with Crippen LogP contribution in [0.2, 0.25) is 0 Å². The topological polar surface area (TPSA) is 84.9 Å². The minimum Gasteiger partial charge on any atom is -0.480 e. The fraction of sp³-hybridized carbons (Fsp3) is 0.500. The summed E-state index contributed by atoms with van der Waals surface area (Å²) in [5, 5.41) is 11.5. The molecule has 0 aliphatic rings. The Kier molecular flexibility index (Phi) is 7.91. The maximum absolute atomic E-state index is 11.6. The summed E-state index contributed by atoms with van der Waals surface area (Å²) in [6.45, 7) is 5.61. The van der Waals surface area contributed by atoms with Crippen molar-refractivity contribution in [2.75, 3.05) is 11.7 Å². The number of aliphatic carboxylic acids is 1. The molecule has 1 unspecified atom stereocenters. The summed E-state index contributed by atoms with van der Waals surface area (Å²) < 4.78 is 10.5. The summed E-state index contributed by atoms with van der Waals surface area (Å²) in [5.74, 6) is -0.565. The van der Waals surface area contributed by atoms with Gasteiger partial charge >= 0.3 is 12.1 Å². The highest BCUT2D eigenvalue weighted by molar-refractivity contribution is 7.99. The molecule has 1 aromatic rings. The molecule has 1 amide bonds. The van der Waals surface area contributed by atoms with Crippen LogP contribution in [0.4, 0.5) is 4.79 Å². The molecule has 23 heavy (non-hydrogen) atoms. The van der Waals surface area contributed by atoms with Crippen molar-refractivity contribution in [3.8, 4) is 0 Å². The van der Waals surface area contributed by atoms with Crippen molar-refractivity contribution >= 4 is 23.8 Å². The number of carbonyl (C=O) groups is 2. The summed E-state index contributed by atoms with van der Waals surface area (Å²) in [7, 11) is 0. The molecule has 2 N–H and O–H groups in total. The second-order valence-corrected chi connectivity index (χ2v) is 6.84. The van der Waals surface area contributed by atoms with E-state index in [0.717, 1.165) is 5.56 Å². The normalized spacial score (nSPS) is 12.5. The Bertz CT molecular complexity index is 501. The Morgan fingerprint density at radius 3 is 2.48 bits per heavy atom. The first-order chi connectivity index (χ1) is 10.8. The SMILES string of the molecule is CC(C)(C)OC(=O)NC(CSCOCc1ccccc1)C(=O)O. The first kappa shape index (κ1) is 19.3. The van der Waals surface area contributed by atoms with Crippen LogP contribution in [0.1, 0.15) is 26.3 Å². The molecule has 0 aliphatic carbocycles. The third kappa shape index (κ3) is 9.10. The van der Waals surface area contributed by atoms with Gasteiger partial charge in [-0.2, -0.15) is 0 Å². The quantitative estimate of drug-likeness (QED) is 0.559. The van der Waals surface area contributed by atoms with Gasteiger partial charge in [-0.3, -0.25) is 0 Å². The van der Waals surface area contributed by atoms with Gasteiger partial charge in [-0.05, 0) is 26.3 Å². The van der Waals surface area contributed by atoms with E-state index in [-0.39, 0.29) is 5.75 Å². The van der Waals surface area contributed by atoms with E-state index in [1.165, 1.54) is 11.8 Å². The zero-order chi connectivity index (χ0) is 17.3. The van der Waals surface area contributed by atoms with Crippen LogP contribution in [-0.2, 0) is 20.9 Å². The molecule has 1 rings (SSSR count). The zero-order valence-corrected chi connectivity index (χ0v) is 14.4. The van der Waals surface area contributed by atoms with Gasteiger partial charge in [-0.15, -0.1) is 11.8 Å². The molecule has 128 valence electrons.